The van der Waals surface area contributed by atoms with Crippen LogP contribution < -0.4 is 5.73 Å². The molecule has 0 amide bonds. The second-order valence-electron chi connectivity index (χ2n) is 3.55. The van der Waals surface area contributed by atoms with Crippen molar-refractivity contribution in [1.29, 1.82) is 0 Å². The summed E-state index contributed by atoms with van der Waals surface area (Å²) in [6.45, 7) is 1.04. The van der Waals surface area contributed by atoms with Gasteiger partial charge in [-0.2, -0.15) is 17.0 Å². The van der Waals surface area contributed by atoms with Crippen LogP contribution in [-0.4, -0.2) is 50.3 Å². The topological polar surface area (TPSA) is 66.6 Å². The molecule has 0 spiro atoms. The normalized spacial score (nSPS) is 24.7. The van der Waals surface area contributed by atoms with Crippen molar-refractivity contribution >= 4 is 22.6 Å². The predicted molar refractivity (Wildman–Crippen MR) is 58.6 cm³/mol. The number of rotatable bonds is 2. The molecule has 1 aliphatic heterocycles. The van der Waals surface area contributed by atoms with E-state index in [1.165, 1.54) is 22.7 Å². The monoisotopic (exact) mass is 243 g/mol. The van der Waals surface area contributed by atoms with Crippen LogP contribution in [0.2, 0.25) is 0 Å². The van der Waals surface area contributed by atoms with Crippen LogP contribution >= 0.6 is 12.4 Å². The van der Waals surface area contributed by atoms with Gasteiger partial charge in [0.1, 0.15) is 0 Å². The number of piperidine rings is 1. The summed E-state index contributed by atoms with van der Waals surface area (Å²) in [5, 5.41) is 0. The van der Waals surface area contributed by atoms with Crippen LogP contribution in [0.5, 0.6) is 0 Å². The zero-order valence-electron chi connectivity index (χ0n) is 8.51. The molecule has 0 bridgehead atoms. The lowest BCUT2D eigenvalue weighted by molar-refractivity contribution is 0.299. The summed E-state index contributed by atoms with van der Waals surface area (Å²) in [5.74, 6) is 0. The van der Waals surface area contributed by atoms with E-state index in [-0.39, 0.29) is 18.4 Å². The summed E-state index contributed by atoms with van der Waals surface area (Å²) in [5.41, 5.74) is 5.70. The molecule has 1 fully saturated rings. The third-order valence-electron chi connectivity index (χ3n) is 2.21. The van der Waals surface area contributed by atoms with E-state index in [2.05, 4.69) is 0 Å². The van der Waals surface area contributed by atoms with Crippen molar-refractivity contribution < 1.29 is 8.42 Å². The average Bonchev–Trinajstić information content (AvgIpc) is 2.04. The van der Waals surface area contributed by atoms with E-state index in [1.807, 2.05) is 0 Å². The molecule has 0 aromatic rings. The van der Waals surface area contributed by atoms with Gasteiger partial charge in [-0.05, 0) is 12.8 Å². The SMILES string of the molecule is CN(C)S(=O)(=O)N1CCC[C@@H](N)C1.Cl. The Morgan fingerprint density at radius 3 is 2.43 bits per heavy atom. The molecule has 0 aliphatic carbocycles. The Balaban J connectivity index is 0.00000169. The Hall–Kier alpha value is 0.120. The van der Waals surface area contributed by atoms with E-state index in [4.69, 9.17) is 5.73 Å². The van der Waals surface area contributed by atoms with Crippen LogP contribution in [0.1, 0.15) is 12.8 Å². The lowest BCUT2D eigenvalue weighted by Crippen LogP contribution is -2.49. The lowest BCUT2D eigenvalue weighted by Gasteiger charge is -2.31. The number of nitrogens with zero attached hydrogens (tertiary/aromatic N) is 2. The molecule has 5 nitrogen and oxygen atoms in total. The number of hydrogen-bond donors (Lipinski definition) is 1. The molecule has 1 heterocycles. The first-order valence-electron chi connectivity index (χ1n) is 4.38. The fraction of sp³-hybridized carbons (Fsp3) is 1.00. The Kier molecular flexibility index (Phi) is 5.32. The molecule has 0 aromatic carbocycles. The predicted octanol–water partition coefficient (Wildman–Crippen LogP) is -0.362. The summed E-state index contributed by atoms with van der Waals surface area (Å²) >= 11 is 0. The zero-order valence-corrected chi connectivity index (χ0v) is 10.1. The Morgan fingerprint density at radius 2 is 2.00 bits per heavy atom. The minimum absolute atomic E-state index is 0. The Morgan fingerprint density at radius 1 is 1.43 bits per heavy atom. The van der Waals surface area contributed by atoms with Crippen molar-refractivity contribution in [3.63, 3.8) is 0 Å². The van der Waals surface area contributed by atoms with Crippen molar-refractivity contribution in [2.75, 3.05) is 27.2 Å². The van der Waals surface area contributed by atoms with E-state index in [0.29, 0.717) is 13.1 Å². The van der Waals surface area contributed by atoms with Crippen LogP contribution in [0, 0.1) is 0 Å². The van der Waals surface area contributed by atoms with E-state index in [1.54, 1.807) is 0 Å². The summed E-state index contributed by atoms with van der Waals surface area (Å²) in [6.07, 6.45) is 1.77. The summed E-state index contributed by atoms with van der Waals surface area (Å²) in [7, 11) is -0.172. The van der Waals surface area contributed by atoms with E-state index in [9.17, 15) is 8.42 Å². The molecule has 2 N–H and O–H groups in total. The van der Waals surface area contributed by atoms with E-state index >= 15 is 0 Å². The summed E-state index contributed by atoms with van der Waals surface area (Å²) < 4.78 is 25.9. The van der Waals surface area contributed by atoms with Crippen LogP contribution in [-0.2, 0) is 10.2 Å². The van der Waals surface area contributed by atoms with Gasteiger partial charge in [-0.1, -0.05) is 0 Å². The molecule has 86 valence electrons. The molecule has 0 radical (unpaired) electrons. The van der Waals surface area contributed by atoms with Gasteiger partial charge in [0.25, 0.3) is 10.2 Å². The van der Waals surface area contributed by atoms with E-state index < -0.39 is 10.2 Å². The first kappa shape index (κ1) is 14.1. The average molecular weight is 244 g/mol. The van der Waals surface area contributed by atoms with Gasteiger partial charge in [0.05, 0.1) is 0 Å². The maximum Gasteiger partial charge on any atom is 0.281 e. The van der Waals surface area contributed by atoms with Gasteiger partial charge in [-0.3, -0.25) is 0 Å². The number of hydrogen-bond acceptors (Lipinski definition) is 3. The van der Waals surface area contributed by atoms with Gasteiger partial charge in [-0.25, -0.2) is 0 Å². The number of nitrogens with two attached hydrogens (primary N) is 1. The molecule has 1 aliphatic rings. The van der Waals surface area contributed by atoms with Crippen molar-refractivity contribution in [2.24, 2.45) is 5.73 Å². The molecule has 1 rings (SSSR count). The fourth-order valence-corrected chi connectivity index (χ4v) is 2.62. The second-order valence-corrected chi connectivity index (χ2v) is 5.69. The quantitative estimate of drug-likeness (QED) is 0.720. The van der Waals surface area contributed by atoms with Crippen molar-refractivity contribution in [2.45, 2.75) is 18.9 Å². The molecular formula is C7H18ClN3O2S. The van der Waals surface area contributed by atoms with Gasteiger partial charge < -0.3 is 5.73 Å². The summed E-state index contributed by atoms with van der Waals surface area (Å²) in [6, 6.07) is -0.0107. The van der Waals surface area contributed by atoms with Gasteiger partial charge in [0, 0.05) is 33.2 Å². The molecule has 0 aromatic heterocycles. The Bertz CT molecular complexity index is 268. The highest BCUT2D eigenvalue weighted by atomic mass is 35.5. The highest BCUT2D eigenvalue weighted by Gasteiger charge is 2.28. The molecule has 7 heteroatoms. The molecule has 14 heavy (non-hydrogen) atoms. The van der Waals surface area contributed by atoms with Crippen LogP contribution in [0.15, 0.2) is 0 Å². The molecule has 1 saturated heterocycles. The third kappa shape index (κ3) is 3.06. The van der Waals surface area contributed by atoms with E-state index in [0.717, 1.165) is 12.8 Å². The highest BCUT2D eigenvalue weighted by Crippen LogP contribution is 2.13. The highest BCUT2D eigenvalue weighted by molar-refractivity contribution is 7.86. The van der Waals surface area contributed by atoms with Crippen LogP contribution in [0.25, 0.3) is 0 Å². The molecule has 0 unspecified atom stereocenters. The first-order chi connectivity index (χ1) is 5.94. The number of halogens is 1. The van der Waals surface area contributed by atoms with Gasteiger partial charge >= 0.3 is 0 Å². The maximum atomic E-state index is 11.6. The van der Waals surface area contributed by atoms with Crippen LogP contribution in [0.4, 0.5) is 0 Å². The molecule has 0 saturated carbocycles. The van der Waals surface area contributed by atoms with Gasteiger partial charge in [0.15, 0.2) is 0 Å². The first-order valence-corrected chi connectivity index (χ1v) is 5.77. The minimum Gasteiger partial charge on any atom is -0.327 e. The Labute approximate surface area is 91.8 Å². The summed E-state index contributed by atoms with van der Waals surface area (Å²) in [4.78, 5) is 0. The van der Waals surface area contributed by atoms with Crippen molar-refractivity contribution in [1.82, 2.24) is 8.61 Å². The lowest BCUT2D eigenvalue weighted by atomic mass is 10.1. The third-order valence-corrected chi connectivity index (χ3v) is 4.12. The minimum atomic E-state index is -3.25. The second kappa shape index (κ2) is 5.27. The van der Waals surface area contributed by atoms with Gasteiger partial charge in [0.2, 0.25) is 0 Å². The van der Waals surface area contributed by atoms with Crippen molar-refractivity contribution in [3.05, 3.63) is 0 Å². The fourth-order valence-electron chi connectivity index (χ4n) is 1.41. The van der Waals surface area contributed by atoms with Gasteiger partial charge in [-0.15, -0.1) is 12.4 Å². The maximum absolute atomic E-state index is 11.6. The standard InChI is InChI=1S/C7H17N3O2S.ClH/c1-9(2)13(11,12)10-5-3-4-7(8)6-10;/h7H,3-6,8H2,1-2H3;1H/t7-;/m1./s1. The molecule has 1 atom stereocenters. The zero-order chi connectivity index (χ0) is 10.1. The van der Waals surface area contributed by atoms with Crippen molar-refractivity contribution in [3.8, 4) is 0 Å². The molecular weight excluding hydrogens is 226 g/mol. The largest absolute Gasteiger partial charge is 0.327 e. The smallest absolute Gasteiger partial charge is 0.281 e. The van der Waals surface area contributed by atoms with Crippen LogP contribution in [0.3, 0.4) is 0 Å².